The lowest BCUT2D eigenvalue weighted by Crippen LogP contribution is -2.19. The molecule has 70 valence electrons. The molecular weight excluding hydrogens is 160 g/mol. The minimum atomic E-state index is -0.00583. The zero-order valence-corrected chi connectivity index (χ0v) is 8.45. The second kappa shape index (κ2) is 3.73. The van der Waals surface area contributed by atoms with E-state index in [2.05, 4.69) is 20.8 Å². The molecular formula is C12H16O. The van der Waals surface area contributed by atoms with Gasteiger partial charge in [-0.3, -0.25) is 0 Å². The van der Waals surface area contributed by atoms with Gasteiger partial charge in [0.1, 0.15) is 6.29 Å². The van der Waals surface area contributed by atoms with E-state index in [1.54, 1.807) is 0 Å². The Bertz CT molecular complexity index is 269. The molecule has 1 heteroatoms. The van der Waals surface area contributed by atoms with Crippen molar-refractivity contribution < 1.29 is 4.79 Å². The van der Waals surface area contributed by atoms with Crippen LogP contribution in [0.5, 0.6) is 0 Å². The molecule has 1 aromatic carbocycles. The molecule has 0 heterocycles. The molecule has 0 N–H and O–H groups in total. The molecule has 0 saturated carbocycles. The van der Waals surface area contributed by atoms with Gasteiger partial charge >= 0.3 is 0 Å². The van der Waals surface area contributed by atoms with Crippen molar-refractivity contribution in [1.82, 2.24) is 0 Å². The topological polar surface area (TPSA) is 17.1 Å². The second-order valence-corrected chi connectivity index (χ2v) is 4.39. The molecule has 1 atom stereocenters. The lowest BCUT2D eigenvalue weighted by atomic mass is 9.77. The summed E-state index contributed by atoms with van der Waals surface area (Å²) in [6.45, 7) is 6.25. The highest BCUT2D eigenvalue weighted by Crippen LogP contribution is 2.32. The van der Waals surface area contributed by atoms with Gasteiger partial charge in [-0.2, -0.15) is 0 Å². The van der Waals surface area contributed by atoms with Crippen LogP contribution in [0.1, 0.15) is 32.3 Å². The Morgan fingerprint density at radius 2 is 1.69 bits per heavy atom. The van der Waals surface area contributed by atoms with Gasteiger partial charge in [-0.25, -0.2) is 0 Å². The van der Waals surface area contributed by atoms with Crippen LogP contribution in [0.15, 0.2) is 30.3 Å². The third-order valence-corrected chi connectivity index (χ3v) is 2.23. The fraction of sp³-hybridized carbons (Fsp3) is 0.417. The summed E-state index contributed by atoms with van der Waals surface area (Å²) in [6, 6.07) is 9.91. The minimum absolute atomic E-state index is 0.00308. The van der Waals surface area contributed by atoms with E-state index in [9.17, 15) is 4.79 Å². The van der Waals surface area contributed by atoms with Crippen molar-refractivity contribution in [2.45, 2.75) is 26.7 Å². The molecule has 0 unspecified atom stereocenters. The number of carbonyl (C=O) groups excluding carboxylic acids is 1. The molecule has 1 aromatic rings. The predicted octanol–water partition coefficient (Wildman–Crippen LogP) is 3.02. The van der Waals surface area contributed by atoms with Gasteiger partial charge in [-0.05, 0) is 11.0 Å². The van der Waals surface area contributed by atoms with Gasteiger partial charge in [0, 0.05) is 5.92 Å². The third-order valence-electron chi connectivity index (χ3n) is 2.23. The Kier molecular flexibility index (Phi) is 2.86. The number of hydrogen-bond donors (Lipinski definition) is 0. The largest absolute Gasteiger partial charge is 0.303 e. The summed E-state index contributed by atoms with van der Waals surface area (Å²) in [5.74, 6) is -0.00583. The molecule has 0 aliphatic carbocycles. The Morgan fingerprint density at radius 3 is 2.08 bits per heavy atom. The zero-order valence-electron chi connectivity index (χ0n) is 8.45. The van der Waals surface area contributed by atoms with Crippen molar-refractivity contribution in [3.05, 3.63) is 35.9 Å². The molecule has 0 saturated heterocycles. The zero-order chi connectivity index (χ0) is 9.90. The van der Waals surface area contributed by atoms with E-state index in [0.717, 1.165) is 11.8 Å². The Labute approximate surface area is 79.8 Å². The highest BCUT2D eigenvalue weighted by molar-refractivity contribution is 5.63. The molecule has 0 bridgehead atoms. The first kappa shape index (κ1) is 9.97. The SMILES string of the molecule is CC(C)(C)[C@@H](C=O)c1ccccc1. The van der Waals surface area contributed by atoms with Crippen molar-refractivity contribution in [3.8, 4) is 0 Å². The molecule has 13 heavy (non-hydrogen) atoms. The first-order valence-corrected chi connectivity index (χ1v) is 4.56. The molecule has 1 rings (SSSR count). The standard InChI is InChI=1S/C12H16O/c1-12(2,3)11(9-13)10-7-5-4-6-8-10/h4-9,11H,1-3H3/t11-/m0/s1. The fourth-order valence-electron chi connectivity index (χ4n) is 1.44. The van der Waals surface area contributed by atoms with Crippen molar-refractivity contribution in [2.75, 3.05) is 0 Å². The van der Waals surface area contributed by atoms with Crippen LogP contribution < -0.4 is 0 Å². The maximum atomic E-state index is 11.0. The Hall–Kier alpha value is -1.11. The average Bonchev–Trinajstić information content (AvgIpc) is 2.05. The summed E-state index contributed by atoms with van der Waals surface area (Å²) in [6.07, 6.45) is 1.04. The summed E-state index contributed by atoms with van der Waals surface area (Å²) in [4.78, 5) is 11.0. The minimum Gasteiger partial charge on any atom is -0.303 e. The molecule has 0 amide bonds. The van der Waals surface area contributed by atoms with Crippen LogP contribution in [-0.2, 0) is 4.79 Å². The fourth-order valence-corrected chi connectivity index (χ4v) is 1.44. The predicted molar refractivity (Wildman–Crippen MR) is 54.7 cm³/mol. The summed E-state index contributed by atoms with van der Waals surface area (Å²) >= 11 is 0. The monoisotopic (exact) mass is 176 g/mol. The summed E-state index contributed by atoms with van der Waals surface area (Å²) < 4.78 is 0. The van der Waals surface area contributed by atoms with Gasteiger partial charge in [0.05, 0.1) is 0 Å². The van der Waals surface area contributed by atoms with Crippen LogP contribution in [0.4, 0.5) is 0 Å². The second-order valence-electron chi connectivity index (χ2n) is 4.39. The van der Waals surface area contributed by atoms with E-state index < -0.39 is 0 Å². The quantitative estimate of drug-likeness (QED) is 0.633. The smallest absolute Gasteiger partial charge is 0.127 e. The number of carbonyl (C=O) groups is 1. The van der Waals surface area contributed by atoms with E-state index in [4.69, 9.17) is 0 Å². The van der Waals surface area contributed by atoms with Crippen molar-refractivity contribution in [3.63, 3.8) is 0 Å². The van der Waals surface area contributed by atoms with Crippen LogP contribution >= 0.6 is 0 Å². The lowest BCUT2D eigenvalue weighted by molar-refractivity contribution is -0.111. The van der Waals surface area contributed by atoms with Gasteiger partial charge < -0.3 is 4.79 Å². The average molecular weight is 176 g/mol. The van der Waals surface area contributed by atoms with Gasteiger partial charge in [0.25, 0.3) is 0 Å². The van der Waals surface area contributed by atoms with Gasteiger partial charge in [-0.15, -0.1) is 0 Å². The summed E-state index contributed by atoms with van der Waals surface area (Å²) in [5, 5.41) is 0. The normalized spacial score (nSPS) is 13.8. The Morgan fingerprint density at radius 1 is 1.15 bits per heavy atom. The molecule has 0 fully saturated rings. The molecule has 0 aliphatic heterocycles. The van der Waals surface area contributed by atoms with E-state index in [-0.39, 0.29) is 11.3 Å². The van der Waals surface area contributed by atoms with E-state index in [1.165, 1.54) is 0 Å². The maximum Gasteiger partial charge on any atom is 0.127 e. The first-order chi connectivity index (χ1) is 6.05. The van der Waals surface area contributed by atoms with Crippen LogP contribution in [-0.4, -0.2) is 6.29 Å². The maximum absolute atomic E-state index is 11.0. The molecule has 0 aromatic heterocycles. The number of aldehydes is 1. The highest BCUT2D eigenvalue weighted by atomic mass is 16.1. The van der Waals surface area contributed by atoms with Gasteiger partial charge in [0.15, 0.2) is 0 Å². The first-order valence-electron chi connectivity index (χ1n) is 4.56. The molecule has 1 nitrogen and oxygen atoms in total. The van der Waals surface area contributed by atoms with Gasteiger partial charge in [0.2, 0.25) is 0 Å². The van der Waals surface area contributed by atoms with Crippen molar-refractivity contribution in [1.29, 1.82) is 0 Å². The van der Waals surface area contributed by atoms with Gasteiger partial charge in [-0.1, -0.05) is 51.1 Å². The van der Waals surface area contributed by atoms with E-state index in [0.29, 0.717) is 0 Å². The number of benzene rings is 1. The van der Waals surface area contributed by atoms with Crippen molar-refractivity contribution in [2.24, 2.45) is 5.41 Å². The summed E-state index contributed by atoms with van der Waals surface area (Å²) in [7, 11) is 0. The number of hydrogen-bond acceptors (Lipinski definition) is 1. The van der Waals surface area contributed by atoms with E-state index >= 15 is 0 Å². The summed E-state index contributed by atoms with van der Waals surface area (Å²) in [5.41, 5.74) is 1.10. The highest BCUT2D eigenvalue weighted by Gasteiger charge is 2.25. The number of rotatable bonds is 2. The van der Waals surface area contributed by atoms with Crippen LogP contribution in [0, 0.1) is 5.41 Å². The van der Waals surface area contributed by atoms with Crippen LogP contribution in [0.25, 0.3) is 0 Å². The molecule has 0 radical (unpaired) electrons. The van der Waals surface area contributed by atoms with Crippen LogP contribution in [0.2, 0.25) is 0 Å². The van der Waals surface area contributed by atoms with Crippen molar-refractivity contribution >= 4 is 6.29 Å². The molecule has 0 spiro atoms. The van der Waals surface area contributed by atoms with Crippen LogP contribution in [0.3, 0.4) is 0 Å². The third kappa shape index (κ3) is 2.41. The molecule has 0 aliphatic rings. The lowest BCUT2D eigenvalue weighted by Gasteiger charge is -2.26. The Balaban J connectivity index is 2.99. The van der Waals surface area contributed by atoms with E-state index in [1.807, 2.05) is 30.3 Å².